The number of hydrogen-bond acceptors (Lipinski definition) is 1. The third-order valence-electron chi connectivity index (χ3n) is 0.712. The minimum absolute atomic E-state index is 0.157. The molecule has 0 saturated heterocycles. The largest absolute Gasteiger partial charge is 0.294 e. The van der Waals surface area contributed by atoms with Crippen molar-refractivity contribution in [2.24, 2.45) is 0 Å². The van der Waals surface area contributed by atoms with Crippen LogP contribution in [0.15, 0.2) is 0 Å². The highest BCUT2D eigenvalue weighted by atomic mass is 35.5. The number of halogens is 1. The first kappa shape index (κ1) is 6.25. The van der Waals surface area contributed by atoms with Crippen LogP contribution in [0.5, 0.6) is 0 Å². The van der Waals surface area contributed by atoms with E-state index in [0.717, 1.165) is 0 Å². The van der Waals surface area contributed by atoms with Crippen LogP contribution in [-0.2, 0) is 0 Å². The van der Waals surface area contributed by atoms with E-state index >= 15 is 0 Å². The van der Waals surface area contributed by atoms with E-state index in [2.05, 4.69) is 0 Å². The molecule has 1 unspecified atom stereocenters. The van der Waals surface area contributed by atoms with Crippen molar-refractivity contribution < 1.29 is 0 Å². The zero-order chi connectivity index (χ0) is 5.15. The van der Waals surface area contributed by atoms with Crippen LogP contribution in [0.1, 0.15) is 6.92 Å². The van der Waals surface area contributed by atoms with Gasteiger partial charge in [-0.25, -0.2) is 0 Å². The zero-order valence-corrected chi connectivity index (χ0v) is 5.16. The fraction of sp³-hybridized carbons (Fsp3) is 1.00. The second-order valence-electron chi connectivity index (χ2n) is 1.54. The van der Waals surface area contributed by atoms with Gasteiger partial charge in [0.05, 0.1) is 5.50 Å². The molecule has 1 nitrogen and oxygen atoms in total. The molecule has 0 fully saturated rings. The van der Waals surface area contributed by atoms with Gasteiger partial charge in [0, 0.05) is 0 Å². The second kappa shape index (κ2) is 2.43. The molecule has 0 aromatic carbocycles. The summed E-state index contributed by atoms with van der Waals surface area (Å²) in [5.74, 6) is 0. The van der Waals surface area contributed by atoms with E-state index in [4.69, 9.17) is 11.6 Å². The van der Waals surface area contributed by atoms with Gasteiger partial charge in [-0.15, -0.1) is 11.6 Å². The average Bonchev–Trinajstić information content (AvgIpc) is 1.36. The second-order valence-corrected chi connectivity index (χ2v) is 2.17. The third-order valence-corrected chi connectivity index (χ3v) is 1.10. The van der Waals surface area contributed by atoms with Gasteiger partial charge in [0.1, 0.15) is 0 Å². The minimum atomic E-state index is 0.157. The van der Waals surface area contributed by atoms with Crippen molar-refractivity contribution in [3.8, 4) is 0 Å². The Morgan fingerprint density at radius 3 is 1.67 bits per heavy atom. The molecule has 0 amide bonds. The summed E-state index contributed by atoms with van der Waals surface area (Å²) in [5, 5.41) is 0. The Labute approximate surface area is 43.9 Å². The van der Waals surface area contributed by atoms with Crippen LogP contribution in [0.25, 0.3) is 0 Å². The summed E-state index contributed by atoms with van der Waals surface area (Å²) in [4.78, 5) is 1.93. The lowest BCUT2D eigenvalue weighted by Gasteiger charge is -2.09. The number of rotatable bonds is 1. The standard InChI is InChI=1S/C4H10ClN/c1-4(5)6(2)3/h4H,1-3H3. The molecule has 0 heterocycles. The van der Waals surface area contributed by atoms with E-state index in [1.54, 1.807) is 0 Å². The van der Waals surface area contributed by atoms with Crippen molar-refractivity contribution in [1.82, 2.24) is 4.90 Å². The van der Waals surface area contributed by atoms with Crippen LogP contribution in [0.3, 0.4) is 0 Å². The normalized spacial score (nSPS) is 15.5. The molecule has 0 aliphatic carbocycles. The van der Waals surface area contributed by atoms with E-state index in [-0.39, 0.29) is 5.50 Å². The highest BCUT2D eigenvalue weighted by Crippen LogP contribution is 1.93. The van der Waals surface area contributed by atoms with Crippen molar-refractivity contribution in [2.75, 3.05) is 14.1 Å². The molecule has 38 valence electrons. The van der Waals surface area contributed by atoms with Gasteiger partial charge in [0.2, 0.25) is 0 Å². The lowest BCUT2D eigenvalue weighted by Crippen LogP contribution is -2.17. The topological polar surface area (TPSA) is 3.24 Å². The summed E-state index contributed by atoms with van der Waals surface area (Å²) >= 11 is 5.54. The lowest BCUT2D eigenvalue weighted by atomic mass is 10.7. The maximum Gasteiger partial charge on any atom is 0.0816 e. The molecule has 0 aliphatic rings. The molecule has 0 radical (unpaired) electrons. The molecule has 2 heteroatoms. The molecule has 0 N–H and O–H groups in total. The Kier molecular flexibility index (Phi) is 2.53. The molecule has 0 spiro atoms. The molecule has 0 rings (SSSR count). The van der Waals surface area contributed by atoms with Crippen LogP contribution in [0.4, 0.5) is 0 Å². The van der Waals surface area contributed by atoms with Crippen molar-refractivity contribution in [2.45, 2.75) is 12.4 Å². The Hall–Kier alpha value is 0.250. The fourth-order valence-corrected chi connectivity index (χ4v) is 0. The SMILES string of the molecule is CC(Cl)N(C)C. The van der Waals surface area contributed by atoms with E-state index in [0.29, 0.717) is 0 Å². The molecule has 0 aromatic heterocycles. The van der Waals surface area contributed by atoms with Gasteiger partial charge in [-0.05, 0) is 21.0 Å². The van der Waals surface area contributed by atoms with Crippen LogP contribution in [0, 0.1) is 0 Å². The third kappa shape index (κ3) is 2.49. The number of alkyl halides is 1. The van der Waals surface area contributed by atoms with Crippen molar-refractivity contribution in [1.29, 1.82) is 0 Å². The van der Waals surface area contributed by atoms with Crippen LogP contribution in [-0.4, -0.2) is 24.5 Å². The minimum Gasteiger partial charge on any atom is -0.294 e. The van der Waals surface area contributed by atoms with Gasteiger partial charge < -0.3 is 0 Å². The zero-order valence-electron chi connectivity index (χ0n) is 4.40. The summed E-state index contributed by atoms with van der Waals surface area (Å²) in [6.45, 7) is 1.93. The Balaban J connectivity index is 2.99. The fourth-order valence-electron chi connectivity index (χ4n) is 0. The van der Waals surface area contributed by atoms with Crippen molar-refractivity contribution in [3.63, 3.8) is 0 Å². The Morgan fingerprint density at radius 2 is 1.67 bits per heavy atom. The smallest absolute Gasteiger partial charge is 0.0816 e. The molecule has 0 aromatic rings. The summed E-state index contributed by atoms with van der Waals surface area (Å²) in [7, 11) is 3.88. The number of hydrogen-bond donors (Lipinski definition) is 0. The van der Waals surface area contributed by atoms with Crippen LogP contribution in [0.2, 0.25) is 0 Å². The van der Waals surface area contributed by atoms with E-state index < -0.39 is 0 Å². The van der Waals surface area contributed by atoms with Gasteiger partial charge >= 0.3 is 0 Å². The molecular weight excluding hydrogens is 97.5 g/mol. The Bertz CT molecular complexity index is 28.5. The molecule has 0 bridgehead atoms. The predicted molar refractivity (Wildman–Crippen MR) is 29.0 cm³/mol. The highest BCUT2D eigenvalue weighted by molar-refractivity contribution is 6.20. The van der Waals surface area contributed by atoms with Gasteiger partial charge in [-0.1, -0.05) is 0 Å². The number of nitrogens with zero attached hydrogens (tertiary/aromatic N) is 1. The maximum absolute atomic E-state index is 5.54. The molecular formula is C4H10ClN. The molecule has 0 aliphatic heterocycles. The van der Waals surface area contributed by atoms with Gasteiger partial charge in [0.25, 0.3) is 0 Å². The van der Waals surface area contributed by atoms with Gasteiger partial charge in [-0.2, -0.15) is 0 Å². The predicted octanol–water partition coefficient (Wildman–Crippen LogP) is 1.13. The average molecular weight is 108 g/mol. The molecule has 0 saturated carbocycles. The summed E-state index contributed by atoms with van der Waals surface area (Å²) in [5.41, 5.74) is 0.157. The van der Waals surface area contributed by atoms with Crippen molar-refractivity contribution in [3.05, 3.63) is 0 Å². The monoisotopic (exact) mass is 107 g/mol. The van der Waals surface area contributed by atoms with Gasteiger partial charge in [-0.3, -0.25) is 4.90 Å². The van der Waals surface area contributed by atoms with Crippen molar-refractivity contribution >= 4 is 11.6 Å². The van der Waals surface area contributed by atoms with Crippen LogP contribution < -0.4 is 0 Å². The quantitative estimate of drug-likeness (QED) is 0.359. The summed E-state index contributed by atoms with van der Waals surface area (Å²) in [6, 6.07) is 0. The first-order chi connectivity index (χ1) is 2.64. The Morgan fingerprint density at radius 1 is 1.50 bits per heavy atom. The van der Waals surface area contributed by atoms with E-state index in [1.165, 1.54) is 0 Å². The first-order valence-corrected chi connectivity index (χ1v) is 2.38. The summed E-state index contributed by atoms with van der Waals surface area (Å²) in [6.07, 6.45) is 0. The maximum atomic E-state index is 5.54. The molecule has 1 atom stereocenters. The van der Waals surface area contributed by atoms with E-state index in [1.807, 2.05) is 25.9 Å². The summed E-state index contributed by atoms with van der Waals surface area (Å²) < 4.78 is 0. The van der Waals surface area contributed by atoms with E-state index in [9.17, 15) is 0 Å². The van der Waals surface area contributed by atoms with Gasteiger partial charge in [0.15, 0.2) is 0 Å². The first-order valence-electron chi connectivity index (χ1n) is 1.95. The highest BCUT2D eigenvalue weighted by Gasteiger charge is 1.93. The van der Waals surface area contributed by atoms with Crippen LogP contribution >= 0.6 is 11.6 Å². The molecule has 6 heavy (non-hydrogen) atoms. The lowest BCUT2D eigenvalue weighted by molar-refractivity contribution is 0.396.